The summed E-state index contributed by atoms with van der Waals surface area (Å²) >= 11 is 5.84. The number of alkyl halides is 1. The fraction of sp³-hybridized carbons (Fsp3) is 0.615. The molecule has 0 radical (unpaired) electrons. The minimum atomic E-state index is 0.169. The normalized spacial score (nSPS) is 12.9. The van der Waals surface area contributed by atoms with E-state index in [1.54, 1.807) is 0 Å². The van der Waals surface area contributed by atoms with Crippen molar-refractivity contribution in [3.05, 3.63) is 23.4 Å². The van der Waals surface area contributed by atoms with Crippen molar-refractivity contribution in [1.82, 2.24) is 4.98 Å². The quantitative estimate of drug-likeness (QED) is 0.732. The molecular formula is C13H20ClNO. The van der Waals surface area contributed by atoms with Crippen LogP contribution in [0.1, 0.15) is 39.0 Å². The molecule has 1 atom stereocenters. The summed E-state index contributed by atoms with van der Waals surface area (Å²) in [7, 11) is 0. The molecule has 0 amide bonds. The molecule has 1 aromatic heterocycles. The molecule has 1 rings (SSSR count). The fourth-order valence-electron chi connectivity index (χ4n) is 1.27. The zero-order chi connectivity index (χ0) is 12.1. The van der Waals surface area contributed by atoms with Gasteiger partial charge in [0.25, 0.3) is 0 Å². The van der Waals surface area contributed by atoms with E-state index >= 15 is 0 Å². The highest BCUT2D eigenvalue weighted by Crippen LogP contribution is 2.18. The standard InChI is InChI=1S/C13H20ClNO/c1-5-12-6-11(8-14)7-13(15-12)16-10(4)9(2)3/h6-7,9-10H,5,8H2,1-4H3. The molecule has 0 N–H and O–H groups in total. The highest BCUT2D eigenvalue weighted by atomic mass is 35.5. The van der Waals surface area contributed by atoms with Crippen LogP contribution < -0.4 is 4.74 Å². The fourth-order valence-corrected chi connectivity index (χ4v) is 1.42. The van der Waals surface area contributed by atoms with Crippen LogP contribution in [0.4, 0.5) is 0 Å². The van der Waals surface area contributed by atoms with E-state index in [9.17, 15) is 0 Å². The van der Waals surface area contributed by atoms with E-state index in [1.165, 1.54) is 0 Å². The first-order chi connectivity index (χ1) is 7.56. The molecule has 1 unspecified atom stereocenters. The number of nitrogens with zero attached hydrogens (tertiary/aromatic N) is 1. The average molecular weight is 242 g/mol. The van der Waals surface area contributed by atoms with E-state index in [-0.39, 0.29) is 6.10 Å². The molecule has 0 fully saturated rings. The Kier molecular flexibility index (Phi) is 5.07. The van der Waals surface area contributed by atoms with Gasteiger partial charge in [0.2, 0.25) is 5.88 Å². The van der Waals surface area contributed by atoms with E-state index in [4.69, 9.17) is 16.3 Å². The average Bonchev–Trinajstić information content (AvgIpc) is 2.28. The number of aryl methyl sites for hydroxylation is 1. The Morgan fingerprint density at radius 3 is 2.50 bits per heavy atom. The molecule has 1 aromatic rings. The van der Waals surface area contributed by atoms with Gasteiger partial charge >= 0.3 is 0 Å². The smallest absolute Gasteiger partial charge is 0.214 e. The minimum absolute atomic E-state index is 0.169. The Morgan fingerprint density at radius 1 is 1.31 bits per heavy atom. The molecule has 0 saturated carbocycles. The lowest BCUT2D eigenvalue weighted by Gasteiger charge is -2.18. The molecule has 0 aliphatic rings. The predicted molar refractivity (Wildman–Crippen MR) is 68.1 cm³/mol. The zero-order valence-corrected chi connectivity index (χ0v) is 11.2. The molecular weight excluding hydrogens is 222 g/mol. The van der Waals surface area contributed by atoms with E-state index in [0.717, 1.165) is 17.7 Å². The lowest BCUT2D eigenvalue weighted by Crippen LogP contribution is -2.19. The van der Waals surface area contributed by atoms with Crippen LogP contribution in [0, 0.1) is 5.92 Å². The highest BCUT2D eigenvalue weighted by molar-refractivity contribution is 6.17. The molecule has 0 saturated heterocycles. The lowest BCUT2D eigenvalue weighted by molar-refractivity contribution is 0.163. The van der Waals surface area contributed by atoms with Gasteiger partial charge < -0.3 is 4.74 Å². The van der Waals surface area contributed by atoms with Crippen LogP contribution in [-0.2, 0) is 12.3 Å². The summed E-state index contributed by atoms with van der Waals surface area (Å²) in [4.78, 5) is 4.44. The molecule has 0 aromatic carbocycles. The molecule has 3 heteroatoms. The van der Waals surface area contributed by atoms with Gasteiger partial charge in [-0.1, -0.05) is 20.8 Å². The summed E-state index contributed by atoms with van der Waals surface area (Å²) in [5.41, 5.74) is 2.10. The minimum Gasteiger partial charge on any atom is -0.474 e. The van der Waals surface area contributed by atoms with Crippen LogP contribution in [0.15, 0.2) is 12.1 Å². The third-order valence-electron chi connectivity index (χ3n) is 2.68. The summed E-state index contributed by atoms with van der Waals surface area (Å²) in [6.45, 7) is 8.41. The Hall–Kier alpha value is -0.760. The number of rotatable bonds is 5. The van der Waals surface area contributed by atoms with Crippen molar-refractivity contribution in [3.63, 3.8) is 0 Å². The number of hydrogen-bond donors (Lipinski definition) is 0. The van der Waals surface area contributed by atoms with E-state index in [0.29, 0.717) is 17.7 Å². The van der Waals surface area contributed by atoms with Gasteiger partial charge in [-0.05, 0) is 30.9 Å². The van der Waals surface area contributed by atoms with Crippen LogP contribution in [0.3, 0.4) is 0 Å². The van der Waals surface area contributed by atoms with Crippen molar-refractivity contribution in [1.29, 1.82) is 0 Å². The van der Waals surface area contributed by atoms with Gasteiger partial charge in [-0.2, -0.15) is 0 Å². The number of halogens is 1. The lowest BCUT2D eigenvalue weighted by atomic mass is 10.1. The molecule has 0 aliphatic heterocycles. The Balaban J connectivity index is 2.86. The topological polar surface area (TPSA) is 22.1 Å². The monoisotopic (exact) mass is 241 g/mol. The van der Waals surface area contributed by atoms with Crippen LogP contribution in [0.25, 0.3) is 0 Å². The maximum Gasteiger partial charge on any atom is 0.214 e. The number of ether oxygens (including phenoxy) is 1. The van der Waals surface area contributed by atoms with Gasteiger partial charge in [0.1, 0.15) is 0 Å². The molecule has 2 nitrogen and oxygen atoms in total. The second-order valence-electron chi connectivity index (χ2n) is 4.36. The maximum atomic E-state index is 5.84. The molecule has 0 bridgehead atoms. The third-order valence-corrected chi connectivity index (χ3v) is 2.99. The first-order valence-electron chi connectivity index (χ1n) is 5.79. The maximum absolute atomic E-state index is 5.84. The van der Waals surface area contributed by atoms with Gasteiger partial charge in [0.05, 0.1) is 6.10 Å². The number of hydrogen-bond acceptors (Lipinski definition) is 2. The van der Waals surface area contributed by atoms with E-state index in [2.05, 4.69) is 32.7 Å². The third kappa shape index (κ3) is 3.67. The summed E-state index contributed by atoms with van der Waals surface area (Å²) in [6.07, 6.45) is 1.07. The molecule has 90 valence electrons. The largest absolute Gasteiger partial charge is 0.474 e. The second-order valence-corrected chi connectivity index (χ2v) is 4.63. The van der Waals surface area contributed by atoms with E-state index in [1.807, 2.05) is 12.1 Å². The van der Waals surface area contributed by atoms with Gasteiger partial charge in [0, 0.05) is 17.6 Å². The van der Waals surface area contributed by atoms with Crippen molar-refractivity contribution >= 4 is 11.6 Å². The van der Waals surface area contributed by atoms with E-state index < -0.39 is 0 Å². The van der Waals surface area contributed by atoms with Crippen molar-refractivity contribution < 1.29 is 4.74 Å². The molecule has 1 heterocycles. The Labute approximate surface area is 103 Å². The van der Waals surface area contributed by atoms with Gasteiger partial charge in [-0.3, -0.25) is 0 Å². The summed E-state index contributed by atoms with van der Waals surface area (Å²) in [6, 6.07) is 3.95. The van der Waals surface area contributed by atoms with Gasteiger partial charge in [-0.25, -0.2) is 4.98 Å². The molecule has 0 spiro atoms. The van der Waals surface area contributed by atoms with Gasteiger partial charge in [-0.15, -0.1) is 11.6 Å². The van der Waals surface area contributed by atoms with Crippen LogP contribution in [0.2, 0.25) is 0 Å². The van der Waals surface area contributed by atoms with Gasteiger partial charge in [0.15, 0.2) is 0 Å². The van der Waals surface area contributed by atoms with Crippen LogP contribution in [0.5, 0.6) is 5.88 Å². The number of pyridine rings is 1. The SMILES string of the molecule is CCc1cc(CCl)cc(OC(C)C(C)C)n1. The summed E-state index contributed by atoms with van der Waals surface area (Å²) < 4.78 is 5.79. The zero-order valence-electron chi connectivity index (χ0n) is 10.5. The van der Waals surface area contributed by atoms with Crippen LogP contribution in [-0.4, -0.2) is 11.1 Å². The first kappa shape index (κ1) is 13.3. The van der Waals surface area contributed by atoms with Crippen molar-refractivity contribution in [2.75, 3.05) is 0 Å². The second kappa shape index (κ2) is 6.09. The van der Waals surface area contributed by atoms with Crippen LogP contribution >= 0.6 is 11.6 Å². The van der Waals surface area contributed by atoms with Crippen molar-refractivity contribution in [2.24, 2.45) is 5.92 Å². The van der Waals surface area contributed by atoms with Crippen molar-refractivity contribution in [2.45, 2.75) is 46.1 Å². The highest BCUT2D eigenvalue weighted by Gasteiger charge is 2.10. The Bertz CT molecular complexity index is 316. The Morgan fingerprint density at radius 2 is 2.00 bits per heavy atom. The first-order valence-corrected chi connectivity index (χ1v) is 6.32. The summed E-state index contributed by atoms with van der Waals surface area (Å²) in [5, 5.41) is 0. The molecule has 0 aliphatic carbocycles. The summed E-state index contributed by atoms with van der Waals surface area (Å²) in [5.74, 6) is 1.67. The molecule has 16 heavy (non-hydrogen) atoms. The van der Waals surface area contributed by atoms with Crippen molar-refractivity contribution in [3.8, 4) is 5.88 Å². The predicted octanol–water partition coefficient (Wildman–Crippen LogP) is 3.81. The number of aromatic nitrogens is 1.